The number of hydrogen-bond donors (Lipinski definition) is 1. The van der Waals surface area contributed by atoms with Gasteiger partial charge in [-0.2, -0.15) is 0 Å². The smallest absolute Gasteiger partial charge is 0.266 e. The van der Waals surface area contributed by atoms with Crippen molar-refractivity contribution < 1.29 is 13.6 Å². The first kappa shape index (κ1) is 20.9. The monoisotopic (exact) mass is 483 g/mol. The number of benzene rings is 2. The van der Waals surface area contributed by atoms with E-state index in [1.54, 1.807) is 31.2 Å². The number of nitrogens with one attached hydrogen (secondary N) is 1. The lowest BCUT2D eigenvalue weighted by molar-refractivity contribution is 0.0951. The van der Waals surface area contributed by atoms with Crippen LogP contribution in [0.5, 0.6) is 0 Å². The second kappa shape index (κ2) is 8.39. The lowest BCUT2D eigenvalue weighted by Crippen LogP contribution is -2.30. The number of halogens is 3. The molecule has 0 atom stereocenters. The van der Waals surface area contributed by atoms with Crippen molar-refractivity contribution in [1.82, 2.24) is 14.9 Å². The Morgan fingerprint density at radius 3 is 2.61 bits per heavy atom. The van der Waals surface area contributed by atoms with Crippen molar-refractivity contribution in [2.24, 2.45) is 0 Å². The fourth-order valence-electron chi connectivity index (χ4n) is 3.54. The second-order valence-electron chi connectivity index (χ2n) is 6.92. The number of amides is 1. The number of pyridine rings is 2. The zero-order chi connectivity index (χ0) is 22.1. The lowest BCUT2D eigenvalue weighted by Gasteiger charge is -2.17. The van der Waals surface area contributed by atoms with Crippen LogP contribution in [0.4, 0.5) is 8.78 Å². The minimum atomic E-state index is -0.722. The van der Waals surface area contributed by atoms with E-state index in [0.29, 0.717) is 21.5 Å². The summed E-state index contributed by atoms with van der Waals surface area (Å²) in [7, 11) is 0. The highest BCUT2D eigenvalue weighted by Crippen LogP contribution is 2.24. The Morgan fingerprint density at radius 2 is 1.90 bits per heavy atom. The van der Waals surface area contributed by atoms with Crippen LogP contribution < -0.4 is 10.9 Å². The number of rotatable bonds is 4. The molecular weight excluding hydrogens is 468 g/mol. The molecule has 31 heavy (non-hydrogen) atoms. The summed E-state index contributed by atoms with van der Waals surface area (Å²) >= 11 is 3.24. The van der Waals surface area contributed by atoms with E-state index in [2.05, 4.69) is 26.2 Å². The van der Waals surface area contributed by atoms with Gasteiger partial charge in [0.05, 0.1) is 22.8 Å². The van der Waals surface area contributed by atoms with Gasteiger partial charge in [-0.1, -0.05) is 24.3 Å². The van der Waals surface area contributed by atoms with Gasteiger partial charge in [0.15, 0.2) is 0 Å². The largest absolute Gasteiger partial charge is 0.348 e. The van der Waals surface area contributed by atoms with Crippen molar-refractivity contribution in [2.45, 2.75) is 13.5 Å². The van der Waals surface area contributed by atoms with Gasteiger partial charge in [0.1, 0.15) is 16.2 Å². The average Bonchev–Trinajstić information content (AvgIpc) is 2.73. The summed E-state index contributed by atoms with van der Waals surface area (Å²) in [5, 5.41) is 2.76. The highest BCUT2D eigenvalue weighted by Gasteiger charge is 2.22. The van der Waals surface area contributed by atoms with Crippen LogP contribution in [0.3, 0.4) is 0 Å². The fourth-order valence-corrected chi connectivity index (χ4v) is 3.77. The molecule has 5 nitrogen and oxygen atoms in total. The summed E-state index contributed by atoms with van der Waals surface area (Å²) in [6, 6.07) is 13.3. The van der Waals surface area contributed by atoms with Gasteiger partial charge < -0.3 is 5.32 Å². The summed E-state index contributed by atoms with van der Waals surface area (Å²) in [6.45, 7) is 1.69. The number of fused-ring (bicyclic) bond motifs is 1. The van der Waals surface area contributed by atoms with Gasteiger partial charge in [-0.05, 0) is 58.7 Å². The molecule has 2 heterocycles. The van der Waals surface area contributed by atoms with E-state index in [9.17, 15) is 18.4 Å². The molecule has 0 spiro atoms. The van der Waals surface area contributed by atoms with Crippen molar-refractivity contribution in [3.05, 3.63) is 104 Å². The molecule has 0 aliphatic heterocycles. The maximum absolute atomic E-state index is 14.7. The van der Waals surface area contributed by atoms with Crippen molar-refractivity contribution in [2.75, 3.05) is 0 Å². The molecule has 1 amide bonds. The molecule has 156 valence electrons. The molecule has 4 aromatic rings. The first-order chi connectivity index (χ1) is 14.9. The van der Waals surface area contributed by atoms with Gasteiger partial charge in [-0.25, -0.2) is 13.8 Å². The predicted octanol–water partition coefficient (Wildman–Crippen LogP) is 4.66. The van der Waals surface area contributed by atoms with E-state index < -0.39 is 23.1 Å². The van der Waals surface area contributed by atoms with Crippen molar-refractivity contribution in [1.29, 1.82) is 0 Å². The summed E-state index contributed by atoms with van der Waals surface area (Å²) in [6.07, 6.45) is 1.46. The van der Waals surface area contributed by atoms with Gasteiger partial charge in [0.25, 0.3) is 11.5 Å². The Hall–Kier alpha value is -3.39. The van der Waals surface area contributed by atoms with Crippen LogP contribution in [-0.2, 0) is 6.54 Å². The van der Waals surface area contributed by atoms with E-state index in [4.69, 9.17) is 0 Å². The molecule has 0 fully saturated rings. The predicted molar refractivity (Wildman–Crippen MR) is 117 cm³/mol. The molecule has 0 saturated carbocycles. The van der Waals surface area contributed by atoms with Gasteiger partial charge >= 0.3 is 0 Å². The highest BCUT2D eigenvalue weighted by molar-refractivity contribution is 9.10. The molecule has 1 N–H and O–H groups in total. The third-order valence-electron chi connectivity index (χ3n) is 4.94. The van der Waals surface area contributed by atoms with Crippen LogP contribution >= 0.6 is 15.9 Å². The van der Waals surface area contributed by atoms with Gasteiger partial charge in [-0.15, -0.1) is 0 Å². The number of hydrogen-bond acceptors (Lipinski definition) is 3. The Balaban J connectivity index is 1.87. The van der Waals surface area contributed by atoms with Crippen LogP contribution in [-0.4, -0.2) is 15.5 Å². The first-order valence-electron chi connectivity index (χ1n) is 9.35. The van der Waals surface area contributed by atoms with Crippen LogP contribution in [0.25, 0.3) is 16.5 Å². The first-order valence-corrected chi connectivity index (χ1v) is 10.1. The Kier molecular flexibility index (Phi) is 5.65. The average molecular weight is 484 g/mol. The van der Waals surface area contributed by atoms with E-state index >= 15 is 0 Å². The molecule has 0 aliphatic carbocycles. The van der Waals surface area contributed by atoms with Gasteiger partial charge in [-0.3, -0.25) is 14.2 Å². The number of nitrogens with zero attached hydrogens (tertiary/aromatic N) is 2. The van der Waals surface area contributed by atoms with Crippen molar-refractivity contribution in [3.8, 4) is 5.69 Å². The van der Waals surface area contributed by atoms with E-state index in [1.165, 1.54) is 41.1 Å². The van der Waals surface area contributed by atoms with Crippen LogP contribution in [0, 0.1) is 18.6 Å². The summed E-state index contributed by atoms with van der Waals surface area (Å²) in [4.78, 5) is 30.4. The quantitative estimate of drug-likeness (QED) is 0.429. The molecule has 2 aromatic carbocycles. The third kappa shape index (κ3) is 3.98. The third-order valence-corrected chi connectivity index (χ3v) is 5.41. The molecule has 0 unspecified atom stereocenters. The summed E-state index contributed by atoms with van der Waals surface area (Å²) in [5.41, 5.74) is 0.885. The second-order valence-corrected chi connectivity index (χ2v) is 7.73. The molecular formula is C23H16BrF2N3O2. The fraction of sp³-hybridized carbons (Fsp3) is 0.0870. The van der Waals surface area contributed by atoms with Gasteiger partial charge in [0.2, 0.25) is 0 Å². The SMILES string of the molecule is Cc1c(C(=O)NCc2cccc(F)c2)c2cccc(F)c2c(=O)n1-c1ccc(Br)nc1. The number of carbonyl (C=O) groups excluding carboxylic acids is 1. The Morgan fingerprint density at radius 1 is 1.13 bits per heavy atom. The minimum absolute atomic E-state index is 0.0752. The Labute approximate surface area is 184 Å². The topological polar surface area (TPSA) is 64.0 Å². The molecule has 0 aliphatic rings. The lowest BCUT2D eigenvalue weighted by atomic mass is 10.0. The maximum atomic E-state index is 14.7. The van der Waals surface area contributed by atoms with Crippen LogP contribution in [0.2, 0.25) is 0 Å². The summed E-state index contributed by atoms with van der Waals surface area (Å²) in [5.74, 6) is -1.64. The summed E-state index contributed by atoms with van der Waals surface area (Å²) < 4.78 is 29.9. The molecule has 0 bridgehead atoms. The maximum Gasteiger partial charge on any atom is 0.266 e. The normalized spacial score (nSPS) is 11.0. The molecule has 2 aromatic heterocycles. The van der Waals surface area contributed by atoms with E-state index in [0.717, 1.165) is 0 Å². The molecule has 8 heteroatoms. The zero-order valence-corrected chi connectivity index (χ0v) is 17.9. The minimum Gasteiger partial charge on any atom is -0.348 e. The van der Waals surface area contributed by atoms with E-state index in [1.807, 2.05) is 0 Å². The number of aromatic nitrogens is 2. The highest BCUT2D eigenvalue weighted by atomic mass is 79.9. The van der Waals surface area contributed by atoms with Crippen LogP contribution in [0.15, 0.2) is 70.2 Å². The van der Waals surface area contributed by atoms with Crippen LogP contribution in [0.1, 0.15) is 21.6 Å². The van der Waals surface area contributed by atoms with Crippen molar-refractivity contribution >= 4 is 32.6 Å². The number of carbonyl (C=O) groups is 1. The standard InChI is InChI=1S/C23H16BrF2N3O2/c1-13-20(22(30)28-11-14-4-2-5-15(25)10-14)17-6-3-7-18(26)21(17)23(31)29(13)16-8-9-19(24)27-12-16/h2-10,12H,11H2,1H3,(H,28,30). The zero-order valence-electron chi connectivity index (χ0n) is 16.3. The van der Waals surface area contributed by atoms with E-state index in [-0.39, 0.29) is 22.9 Å². The molecule has 0 radical (unpaired) electrons. The molecule has 4 rings (SSSR count). The molecule has 0 saturated heterocycles. The Bertz CT molecular complexity index is 1370. The van der Waals surface area contributed by atoms with Gasteiger partial charge in [0, 0.05) is 17.6 Å². The van der Waals surface area contributed by atoms with Crippen molar-refractivity contribution in [3.63, 3.8) is 0 Å².